The summed E-state index contributed by atoms with van der Waals surface area (Å²) >= 11 is 3.46. The quantitative estimate of drug-likeness (QED) is 0.537. The summed E-state index contributed by atoms with van der Waals surface area (Å²) in [5, 5.41) is 11.9. The van der Waals surface area contributed by atoms with Gasteiger partial charge in [-0.3, -0.25) is 0 Å². The molecule has 0 radical (unpaired) electrons. The van der Waals surface area contributed by atoms with Crippen LogP contribution in [-0.4, -0.2) is 4.73 Å². The Labute approximate surface area is 96.2 Å². The van der Waals surface area contributed by atoms with Gasteiger partial charge in [-0.25, -0.2) is 0 Å². The molecule has 0 aromatic carbocycles. The van der Waals surface area contributed by atoms with Gasteiger partial charge in [-0.2, -0.15) is 0 Å². The van der Waals surface area contributed by atoms with Crippen LogP contribution in [0.15, 0.2) is 0 Å². The third-order valence-electron chi connectivity index (χ3n) is 3.06. The molecular weight excluding hydrogens is 260 g/mol. The Morgan fingerprint density at radius 2 is 2.20 bits per heavy atom. The summed E-state index contributed by atoms with van der Waals surface area (Å²) in [6, 6.07) is 0. The van der Waals surface area contributed by atoms with Crippen LogP contribution in [0.5, 0.6) is 0 Å². The second kappa shape index (κ2) is 3.63. The summed E-state index contributed by atoms with van der Waals surface area (Å²) in [5.74, 6) is 0. The van der Waals surface area contributed by atoms with Gasteiger partial charge in [0.1, 0.15) is 4.83 Å². The molecule has 0 spiro atoms. The third-order valence-corrected chi connectivity index (χ3v) is 3.95. The largest absolute Gasteiger partial charge is 0.805 e. The summed E-state index contributed by atoms with van der Waals surface area (Å²) in [6.45, 7) is 3.38. The first-order chi connectivity index (χ1) is 7.04. The van der Waals surface area contributed by atoms with Crippen molar-refractivity contribution in [1.82, 2.24) is 4.73 Å². The van der Waals surface area contributed by atoms with Gasteiger partial charge in [0, 0.05) is 11.8 Å². The summed E-state index contributed by atoms with van der Waals surface area (Å²) < 4.78 is 1.81. The van der Waals surface area contributed by atoms with Crippen LogP contribution in [0.3, 0.4) is 0 Å². The topological polar surface area (TPSA) is 51.0 Å². The highest BCUT2D eigenvalue weighted by Crippen LogP contribution is 2.33. The molecule has 5 heteroatoms. The van der Waals surface area contributed by atoms with E-state index in [2.05, 4.69) is 15.9 Å². The van der Waals surface area contributed by atoms with Crippen LogP contribution in [0.2, 0.25) is 0 Å². The fourth-order valence-corrected chi connectivity index (χ4v) is 2.80. The van der Waals surface area contributed by atoms with Crippen LogP contribution in [-0.2, 0) is 6.42 Å². The molecule has 0 saturated carbocycles. The molecule has 0 N–H and O–H groups in total. The molecule has 1 aromatic rings. The molecule has 1 aromatic heterocycles. The third kappa shape index (κ3) is 1.49. The average molecular weight is 273 g/mol. The molecule has 1 aliphatic carbocycles. The normalized spacial score (nSPS) is 20.1. The van der Waals surface area contributed by atoms with E-state index in [1.165, 1.54) is 0 Å². The SMILES string of the molecule is Cc1c(C)[n+](=O)c2c(n1[O-])CCCC2Br. The molecule has 0 amide bonds. The lowest BCUT2D eigenvalue weighted by atomic mass is 10.00. The molecule has 0 bridgehead atoms. The van der Waals surface area contributed by atoms with Gasteiger partial charge in [-0.05, 0) is 26.2 Å². The number of hydrogen-bond acceptors (Lipinski definition) is 2. The van der Waals surface area contributed by atoms with E-state index in [0.717, 1.165) is 22.0 Å². The Balaban J connectivity index is 2.81. The second-order valence-electron chi connectivity index (χ2n) is 3.95. The number of rotatable bonds is 0. The monoisotopic (exact) mass is 272 g/mol. The summed E-state index contributed by atoms with van der Waals surface area (Å²) in [5.41, 5.74) is 2.22. The minimum atomic E-state index is 0.0123. The van der Waals surface area contributed by atoms with Gasteiger partial charge in [-0.15, -0.1) is 0 Å². The Hall–Kier alpha value is -0.840. The Bertz CT molecular complexity index is 467. The lowest BCUT2D eigenvalue weighted by Gasteiger charge is -2.24. The first-order valence-electron chi connectivity index (χ1n) is 5.03. The van der Waals surface area contributed by atoms with E-state index < -0.39 is 0 Å². The molecule has 15 heavy (non-hydrogen) atoms. The lowest BCUT2D eigenvalue weighted by molar-refractivity contribution is -0.515. The Kier molecular flexibility index (Phi) is 2.58. The van der Waals surface area contributed by atoms with Crippen molar-refractivity contribution in [3.8, 4) is 0 Å². The van der Waals surface area contributed by atoms with Crippen LogP contribution in [0.1, 0.15) is 40.4 Å². The fourth-order valence-electron chi connectivity index (χ4n) is 2.02. The highest BCUT2D eigenvalue weighted by Gasteiger charge is 2.31. The van der Waals surface area contributed by atoms with Gasteiger partial charge in [0.05, 0.1) is 15.8 Å². The molecule has 1 unspecified atom stereocenters. The first kappa shape index (κ1) is 10.7. The fraction of sp³-hybridized carbons (Fsp3) is 0.600. The van der Waals surface area contributed by atoms with Crippen molar-refractivity contribution in [3.63, 3.8) is 0 Å². The zero-order chi connectivity index (χ0) is 11.2. The summed E-state index contributed by atoms with van der Waals surface area (Å²) in [6.07, 6.45) is 2.57. The van der Waals surface area contributed by atoms with Gasteiger partial charge >= 0.3 is 0 Å². The molecule has 4 nitrogen and oxygen atoms in total. The maximum Gasteiger partial charge on any atom is 0.272 e. The standard InChI is InChI=1S/C10H13BrN2O2/c1-6-7(2)13(15)10-8(11)4-3-5-9(10)12(6)14/h8H,3-5H2,1-2H3. The minimum absolute atomic E-state index is 0.0123. The van der Waals surface area contributed by atoms with Crippen LogP contribution in [0.4, 0.5) is 0 Å². The maximum absolute atomic E-state index is 11.9. The van der Waals surface area contributed by atoms with Crippen LogP contribution in [0, 0.1) is 24.0 Å². The van der Waals surface area contributed by atoms with Gasteiger partial charge in [0.2, 0.25) is 0 Å². The van der Waals surface area contributed by atoms with Crippen molar-refractivity contribution in [1.29, 1.82) is 0 Å². The minimum Gasteiger partial charge on any atom is -0.805 e. The number of nitrogens with zero attached hydrogens (tertiary/aromatic N) is 2. The second-order valence-corrected chi connectivity index (χ2v) is 5.06. The van der Waals surface area contributed by atoms with Crippen molar-refractivity contribution in [2.45, 2.75) is 37.9 Å². The van der Waals surface area contributed by atoms with Gasteiger partial charge < -0.3 is 9.94 Å². The van der Waals surface area contributed by atoms with Crippen LogP contribution in [0.25, 0.3) is 0 Å². The lowest BCUT2D eigenvalue weighted by Crippen LogP contribution is -2.34. The van der Waals surface area contributed by atoms with E-state index in [9.17, 15) is 10.1 Å². The van der Waals surface area contributed by atoms with E-state index in [1.54, 1.807) is 13.8 Å². The molecule has 0 fully saturated rings. The predicted octanol–water partition coefficient (Wildman–Crippen LogP) is 2.14. The molecule has 1 heterocycles. The highest BCUT2D eigenvalue weighted by molar-refractivity contribution is 9.09. The van der Waals surface area contributed by atoms with Crippen LogP contribution < -0.4 is 4.43 Å². The zero-order valence-corrected chi connectivity index (χ0v) is 10.4. The van der Waals surface area contributed by atoms with E-state index in [4.69, 9.17) is 0 Å². The van der Waals surface area contributed by atoms with Crippen molar-refractivity contribution in [3.05, 3.63) is 32.9 Å². The number of hydrogen-bond donors (Lipinski definition) is 0. The number of fused-ring (bicyclic) bond motifs is 1. The number of alkyl halides is 1. The van der Waals surface area contributed by atoms with E-state index in [1.807, 2.05) is 0 Å². The van der Waals surface area contributed by atoms with E-state index in [0.29, 0.717) is 29.2 Å². The Morgan fingerprint density at radius 3 is 2.87 bits per heavy atom. The van der Waals surface area contributed by atoms with Crippen molar-refractivity contribution in [2.24, 2.45) is 0 Å². The molecular formula is C10H13BrN2O2. The molecule has 2 rings (SSSR count). The smallest absolute Gasteiger partial charge is 0.272 e. The first-order valence-corrected chi connectivity index (χ1v) is 5.94. The van der Waals surface area contributed by atoms with E-state index in [-0.39, 0.29) is 4.83 Å². The summed E-state index contributed by atoms with van der Waals surface area (Å²) in [4.78, 5) is 11.9. The van der Waals surface area contributed by atoms with Gasteiger partial charge in [-0.1, -0.05) is 15.9 Å². The Morgan fingerprint density at radius 1 is 1.53 bits per heavy atom. The van der Waals surface area contributed by atoms with Crippen molar-refractivity contribution in [2.75, 3.05) is 0 Å². The van der Waals surface area contributed by atoms with Gasteiger partial charge in [0.15, 0.2) is 0 Å². The molecule has 0 saturated heterocycles. The van der Waals surface area contributed by atoms with Crippen LogP contribution >= 0.6 is 15.9 Å². The molecule has 1 aliphatic rings. The van der Waals surface area contributed by atoms with Crippen molar-refractivity contribution < 1.29 is 4.43 Å². The molecule has 82 valence electrons. The maximum atomic E-state index is 11.9. The summed E-state index contributed by atoms with van der Waals surface area (Å²) in [7, 11) is 0. The molecule has 0 aliphatic heterocycles. The van der Waals surface area contributed by atoms with Gasteiger partial charge in [0.25, 0.3) is 11.4 Å². The molecule has 1 atom stereocenters. The zero-order valence-electron chi connectivity index (χ0n) is 8.79. The van der Waals surface area contributed by atoms with Crippen molar-refractivity contribution >= 4 is 15.9 Å². The predicted molar refractivity (Wildman–Crippen MR) is 60.6 cm³/mol. The highest BCUT2D eigenvalue weighted by atomic mass is 79.9. The average Bonchev–Trinajstić information content (AvgIpc) is 2.23. The van der Waals surface area contributed by atoms with E-state index >= 15 is 0 Å². The number of halogens is 1. The number of aromatic nitrogens is 2.